The van der Waals surface area contributed by atoms with Gasteiger partial charge in [-0.25, -0.2) is 0 Å². The van der Waals surface area contributed by atoms with E-state index in [1.54, 1.807) is 12.1 Å². The van der Waals surface area contributed by atoms with Crippen LogP contribution >= 0.6 is 0 Å². The average Bonchev–Trinajstić information content (AvgIpc) is 2.73. The zero-order chi connectivity index (χ0) is 20.5. The summed E-state index contributed by atoms with van der Waals surface area (Å²) in [6.07, 6.45) is 0.834. The lowest BCUT2D eigenvalue weighted by molar-refractivity contribution is 0.102. The predicted octanol–water partition coefficient (Wildman–Crippen LogP) is 5.60. The first-order chi connectivity index (χ1) is 14.1. The largest absolute Gasteiger partial charge is 0.493 e. The molecule has 0 spiro atoms. The second-order valence-corrected chi connectivity index (χ2v) is 7.30. The summed E-state index contributed by atoms with van der Waals surface area (Å²) >= 11 is 0. The maximum absolute atomic E-state index is 12.6. The van der Waals surface area contributed by atoms with Gasteiger partial charge in [-0.1, -0.05) is 56.3 Å². The quantitative estimate of drug-likeness (QED) is 0.518. The predicted molar refractivity (Wildman–Crippen MR) is 117 cm³/mol. The Morgan fingerprint density at radius 1 is 0.862 bits per heavy atom. The highest BCUT2D eigenvalue weighted by molar-refractivity contribution is 6.04. The van der Waals surface area contributed by atoms with Crippen molar-refractivity contribution >= 4 is 11.6 Å². The molecule has 0 aliphatic carbocycles. The number of benzene rings is 3. The van der Waals surface area contributed by atoms with Crippen molar-refractivity contribution in [1.82, 2.24) is 0 Å². The van der Waals surface area contributed by atoms with Crippen LogP contribution in [0, 0.1) is 5.92 Å². The van der Waals surface area contributed by atoms with Gasteiger partial charge in [-0.2, -0.15) is 0 Å². The normalized spacial score (nSPS) is 10.6. The second kappa shape index (κ2) is 10.3. The molecule has 4 nitrogen and oxygen atoms in total. The summed E-state index contributed by atoms with van der Waals surface area (Å²) in [7, 11) is 0. The molecule has 1 N–H and O–H groups in total. The lowest BCUT2D eigenvalue weighted by atomic mass is 10.2. The SMILES string of the molecule is CC(C)COc1cccc(C(=O)Nc2cccc(OCCc3ccccc3)c2)c1. The van der Waals surface area contributed by atoms with E-state index in [0.717, 1.165) is 12.2 Å². The molecule has 0 bridgehead atoms. The van der Waals surface area contributed by atoms with Crippen molar-refractivity contribution in [2.75, 3.05) is 18.5 Å². The summed E-state index contributed by atoms with van der Waals surface area (Å²) in [6, 6.07) is 24.9. The second-order valence-electron chi connectivity index (χ2n) is 7.30. The number of anilines is 1. The zero-order valence-electron chi connectivity index (χ0n) is 16.9. The fourth-order valence-corrected chi connectivity index (χ4v) is 2.79. The number of amides is 1. The molecule has 3 rings (SSSR count). The van der Waals surface area contributed by atoms with Crippen molar-refractivity contribution in [2.24, 2.45) is 5.92 Å². The van der Waals surface area contributed by atoms with Crippen molar-refractivity contribution in [3.8, 4) is 11.5 Å². The number of carbonyl (C=O) groups excluding carboxylic acids is 1. The third kappa shape index (κ3) is 6.68. The Labute approximate surface area is 172 Å². The fourth-order valence-electron chi connectivity index (χ4n) is 2.79. The topological polar surface area (TPSA) is 47.6 Å². The van der Waals surface area contributed by atoms with Crippen LogP contribution in [0.2, 0.25) is 0 Å². The van der Waals surface area contributed by atoms with Gasteiger partial charge in [0.25, 0.3) is 5.91 Å². The lowest BCUT2D eigenvalue weighted by Crippen LogP contribution is -2.12. The van der Waals surface area contributed by atoms with Crippen LogP contribution in [-0.2, 0) is 6.42 Å². The van der Waals surface area contributed by atoms with E-state index in [1.807, 2.05) is 54.6 Å². The van der Waals surface area contributed by atoms with Gasteiger partial charge in [-0.15, -0.1) is 0 Å². The summed E-state index contributed by atoms with van der Waals surface area (Å²) in [5.74, 6) is 1.68. The highest BCUT2D eigenvalue weighted by Gasteiger charge is 2.08. The molecule has 3 aromatic rings. The lowest BCUT2D eigenvalue weighted by Gasteiger charge is -2.11. The van der Waals surface area contributed by atoms with Crippen LogP contribution in [0.5, 0.6) is 11.5 Å². The van der Waals surface area contributed by atoms with Crippen molar-refractivity contribution in [2.45, 2.75) is 20.3 Å². The van der Waals surface area contributed by atoms with Gasteiger partial charge in [0.15, 0.2) is 0 Å². The van der Waals surface area contributed by atoms with Crippen LogP contribution in [-0.4, -0.2) is 19.1 Å². The Bertz CT molecular complexity index is 922. The van der Waals surface area contributed by atoms with Crippen LogP contribution < -0.4 is 14.8 Å². The first-order valence-electron chi connectivity index (χ1n) is 9.91. The molecule has 0 atom stereocenters. The molecule has 3 aromatic carbocycles. The summed E-state index contributed by atoms with van der Waals surface area (Å²) in [5.41, 5.74) is 2.49. The molecule has 1 amide bonds. The highest BCUT2D eigenvalue weighted by atomic mass is 16.5. The summed E-state index contributed by atoms with van der Waals surface area (Å²) in [6.45, 7) is 5.38. The van der Waals surface area contributed by atoms with E-state index in [2.05, 4.69) is 31.3 Å². The number of hydrogen-bond acceptors (Lipinski definition) is 3. The minimum atomic E-state index is -0.179. The maximum atomic E-state index is 12.6. The van der Waals surface area contributed by atoms with E-state index in [-0.39, 0.29) is 5.91 Å². The van der Waals surface area contributed by atoms with Crippen molar-refractivity contribution in [1.29, 1.82) is 0 Å². The average molecular weight is 389 g/mol. The van der Waals surface area contributed by atoms with Crippen molar-refractivity contribution in [3.63, 3.8) is 0 Å². The van der Waals surface area contributed by atoms with E-state index >= 15 is 0 Å². The molecule has 0 saturated carbocycles. The molecule has 29 heavy (non-hydrogen) atoms. The van der Waals surface area contributed by atoms with Gasteiger partial charge >= 0.3 is 0 Å². The number of ether oxygens (including phenoxy) is 2. The van der Waals surface area contributed by atoms with Crippen LogP contribution in [0.3, 0.4) is 0 Å². The van der Waals surface area contributed by atoms with Gasteiger partial charge in [0.2, 0.25) is 0 Å². The Balaban J connectivity index is 1.56. The first-order valence-corrected chi connectivity index (χ1v) is 9.91. The Kier molecular flexibility index (Phi) is 7.28. The van der Waals surface area contributed by atoms with E-state index in [4.69, 9.17) is 9.47 Å². The molecule has 0 aliphatic heterocycles. The molecular weight excluding hydrogens is 362 g/mol. The number of rotatable bonds is 9. The molecule has 0 aliphatic rings. The van der Waals surface area contributed by atoms with Gasteiger partial charge in [-0.05, 0) is 41.8 Å². The minimum absolute atomic E-state index is 0.179. The summed E-state index contributed by atoms with van der Waals surface area (Å²) < 4.78 is 11.5. The molecule has 0 aromatic heterocycles. The van der Waals surface area contributed by atoms with Gasteiger partial charge in [0.1, 0.15) is 11.5 Å². The standard InChI is InChI=1S/C25H27NO3/c1-19(2)18-29-23-12-6-10-21(16-23)25(27)26-22-11-7-13-24(17-22)28-15-14-20-8-4-3-5-9-20/h3-13,16-17,19H,14-15,18H2,1-2H3,(H,26,27). The number of nitrogens with one attached hydrogen (secondary N) is 1. The van der Waals surface area contributed by atoms with E-state index in [9.17, 15) is 4.79 Å². The maximum Gasteiger partial charge on any atom is 0.255 e. The number of carbonyl (C=O) groups is 1. The number of hydrogen-bond donors (Lipinski definition) is 1. The highest BCUT2D eigenvalue weighted by Crippen LogP contribution is 2.20. The van der Waals surface area contributed by atoms with Crippen molar-refractivity contribution in [3.05, 3.63) is 90.0 Å². The Morgan fingerprint density at radius 3 is 2.34 bits per heavy atom. The molecular formula is C25H27NO3. The van der Waals surface area contributed by atoms with E-state index < -0.39 is 0 Å². The van der Waals surface area contributed by atoms with Gasteiger partial charge in [-0.3, -0.25) is 4.79 Å². The first kappa shape index (κ1) is 20.5. The Morgan fingerprint density at radius 2 is 1.59 bits per heavy atom. The van der Waals surface area contributed by atoms with Crippen molar-refractivity contribution < 1.29 is 14.3 Å². The van der Waals surface area contributed by atoms with E-state index in [0.29, 0.717) is 36.1 Å². The molecule has 0 saturated heterocycles. The van der Waals surface area contributed by atoms with Crippen LogP contribution in [0.25, 0.3) is 0 Å². The zero-order valence-corrected chi connectivity index (χ0v) is 16.9. The smallest absolute Gasteiger partial charge is 0.255 e. The van der Waals surface area contributed by atoms with Crippen LogP contribution in [0.4, 0.5) is 5.69 Å². The van der Waals surface area contributed by atoms with E-state index in [1.165, 1.54) is 5.56 Å². The molecule has 0 radical (unpaired) electrons. The Hall–Kier alpha value is -3.27. The molecule has 0 unspecified atom stereocenters. The molecule has 4 heteroatoms. The minimum Gasteiger partial charge on any atom is -0.493 e. The summed E-state index contributed by atoms with van der Waals surface area (Å²) in [4.78, 5) is 12.6. The third-order valence-corrected chi connectivity index (χ3v) is 4.27. The third-order valence-electron chi connectivity index (χ3n) is 4.27. The fraction of sp³-hybridized carbons (Fsp3) is 0.240. The van der Waals surface area contributed by atoms with Gasteiger partial charge in [0.05, 0.1) is 13.2 Å². The summed E-state index contributed by atoms with van der Waals surface area (Å²) in [5, 5.41) is 2.92. The van der Waals surface area contributed by atoms with Gasteiger partial charge < -0.3 is 14.8 Å². The monoisotopic (exact) mass is 389 g/mol. The van der Waals surface area contributed by atoms with Crippen LogP contribution in [0.1, 0.15) is 29.8 Å². The molecule has 150 valence electrons. The van der Waals surface area contributed by atoms with Gasteiger partial charge in [0, 0.05) is 23.7 Å². The van der Waals surface area contributed by atoms with Crippen LogP contribution in [0.15, 0.2) is 78.9 Å². The molecule has 0 fully saturated rings. The molecule has 0 heterocycles.